The molecular formula is C25H32N2O7Si. The van der Waals surface area contributed by atoms with Gasteiger partial charge >= 0.3 is 5.97 Å². The highest BCUT2D eigenvalue weighted by Gasteiger charge is 2.61. The third-order valence-corrected chi connectivity index (χ3v) is 12.0. The summed E-state index contributed by atoms with van der Waals surface area (Å²) >= 11 is 0. The van der Waals surface area contributed by atoms with Crippen molar-refractivity contribution in [1.29, 1.82) is 0 Å². The van der Waals surface area contributed by atoms with E-state index in [1.165, 1.54) is 29.2 Å². The van der Waals surface area contributed by atoms with Gasteiger partial charge in [0.2, 0.25) is 5.91 Å². The van der Waals surface area contributed by atoms with Gasteiger partial charge in [-0.2, -0.15) is 0 Å². The summed E-state index contributed by atoms with van der Waals surface area (Å²) in [6, 6.07) is 7.72. The fourth-order valence-corrected chi connectivity index (χ4v) is 8.03. The first kappa shape index (κ1) is 26.6. The van der Waals surface area contributed by atoms with Crippen LogP contribution in [0.4, 0.5) is 5.69 Å². The lowest BCUT2D eigenvalue weighted by molar-refractivity contribution is -0.384. The maximum atomic E-state index is 13.3. The Morgan fingerprint density at radius 2 is 1.83 bits per heavy atom. The van der Waals surface area contributed by atoms with Crippen LogP contribution in [0.2, 0.25) is 18.1 Å². The van der Waals surface area contributed by atoms with Gasteiger partial charge in [-0.05, 0) is 37.2 Å². The number of esters is 1. The molecular weight excluding hydrogens is 468 g/mol. The minimum atomic E-state index is -1.95. The van der Waals surface area contributed by atoms with Crippen LogP contribution in [0.1, 0.15) is 34.6 Å². The number of fused-ring (bicyclic) bond motifs is 1. The maximum Gasteiger partial charge on any atom is 0.361 e. The number of carbonyl (C=O) groups is 2. The van der Waals surface area contributed by atoms with Gasteiger partial charge in [0.25, 0.3) is 5.69 Å². The molecule has 0 bridgehead atoms. The summed E-state index contributed by atoms with van der Waals surface area (Å²) in [5.41, 5.74) is 0.359. The Hall–Kier alpha value is -3.00. The summed E-state index contributed by atoms with van der Waals surface area (Å²) in [6.07, 6.45) is -0.296. The molecule has 1 aromatic rings. The summed E-state index contributed by atoms with van der Waals surface area (Å²) in [5.74, 6) is 3.92. The first-order valence-corrected chi connectivity index (χ1v) is 14.5. The van der Waals surface area contributed by atoms with Crippen molar-refractivity contribution in [3.05, 3.63) is 45.6 Å². The zero-order valence-corrected chi connectivity index (χ0v) is 21.7. The molecule has 188 valence electrons. The predicted octanol–water partition coefficient (Wildman–Crippen LogP) is 3.64. The molecule has 2 heterocycles. The summed E-state index contributed by atoms with van der Waals surface area (Å²) in [6.45, 7) is 9.85. The van der Waals surface area contributed by atoms with Crippen molar-refractivity contribution in [2.45, 2.75) is 64.9 Å². The number of aliphatic hydroxyl groups excluding tert-OH is 1. The number of benzene rings is 1. The van der Waals surface area contributed by atoms with Gasteiger partial charge < -0.3 is 19.2 Å². The van der Waals surface area contributed by atoms with E-state index in [9.17, 15) is 24.8 Å². The number of hydrogen-bond acceptors (Lipinski definition) is 7. The van der Waals surface area contributed by atoms with E-state index in [1.807, 2.05) is 13.8 Å². The van der Waals surface area contributed by atoms with Gasteiger partial charge in [0.15, 0.2) is 8.32 Å². The number of hydrogen-bond donors (Lipinski definition) is 1. The Balaban J connectivity index is 1.88. The Labute approximate surface area is 206 Å². The van der Waals surface area contributed by atoms with Crippen molar-refractivity contribution < 1.29 is 28.8 Å². The van der Waals surface area contributed by atoms with Crippen LogP contribution in [0.15, 0.2) is 35.5 Å². The Kier molecular flexibility index (Phi) is 8.15. The van der Waals surface area contributed by atoms with Crippen LogP contribution >= 0.6 is 0 Å². The average Bonchev–Trinajstić information content (AvgIpc) is 3.09. The molecule has 0 radical (unpaired) electrons. The quantitative estimate of drug-likeness (QED) is 0.105. The Morgan fingerprint density at radius 3 is 2.34 bits per heavy atom. The van der Waals surface area contributed by atoms with E-state index in [0.717, 1.165) is 18.1 Å². The topological polar surface area (TPSA) is 119 Å². The second-order valence-electron chi connectivity index (χ2n) is 8.94. The molecule has 0 unspecified atom stereocenters. The van der Waals surface area contributed by atoms with Crippen molar-refractivity contribution >= 4 is 25.9 Å². The van der Waals surface area contributed by atoms with E-state index in [2.05, 4.69) is 32.6 Å². The van der Waals surface area contributed by atoms with E-state index in [-0.39, 0.29) is 47.7 Å². The largest absolute Gasteiger partial charge is 0.422 e. The van der Waals surface area contributed by atoms with Crippen LogP contribution in [-0.4, -0.2) is 53.9 Å². The van der Waals surface area contributed by atoms with Crippen molar-refractivity contribution in [3.63, 3.8) is 0 Å². The van der Waals surface area contributed by atoms with Gasteiger partial charge in [0.05, 0.1) is 23.0 Å². The normalized spacial score (nSPS) is 22.2. The lowest BCUT2D eigenvalue weighted by Gasteiger charge is -2.49. The zero-order valence-electron chi connectivity index (χ0n) is 20.7. The first-order valence-electron chi connectivity index (χ1n) is 12.0. The average molecular weight is 501 g/mol. The Morgan fingerprint density at radius 1 is 1.23 bits per heavy atom. The molecule has 10 heteroatoms. The van der Waals surface area contributed by atoms with Crippen LogP contribution in [0, 0.1) is 33.8 Å². The van der Waals surface area contributed by atoms with Crippen LogP contribution in [0.3, 0.4) is 0 Å². The smallest absolute Gasteiger partial charge is 0.361 e. The molecule has 1 N–H and O–H groups in total. The van der Waals surface area contributed by atoms with Crippen molar-refractivity contribution in [2.75, 3.05) is 6.61 Å². The summed E-state index contributed by atoms with van der Waals surface area (Å²) in [5, 5.41) is 20.1. The number of β-lactam (4-membered cyclic amide) rings is 1. The monoisotopic (exact) mass is 500 g/mol. The standard InChI is InChI=1S/C25H32N2O7Si/c1-6-35(7-2,8-3)34-17(5)21-22-16(4)20(10-9-15-28)23(26(22)24(21)29)25(30)33-19-13-11-18(12-14-19)27(31)32/h11-14,16-17,21-22,28H,6-8,15H2,1-5H3/t16-,17+,21+,22+/m0/s1. The van der Waals surface area contributed by atoms with Gasteiger partial charge in [0, 0.05) is 23.6 Å². The van der Waals surface area contributed by atoms with Gasteiger partial charge in [-0.15, -0.1) is 0 Å². The SMILES string of the molecule is CC[Si](CC)(CC)O[C@H](C)[C@H]1C(=O)N2C(C(=O)Oc3ccc([N+](=O)[O-])cc3)=C(C#CCO)[C@H](C)[C@H]12. The fraction of sp³-hybridized carbons (Fsp3) is 0.520. The van der Waals surface area contributed by atoms with Gasteiger partial charge in [-0.25, -0.2) is 4.79 Å². The van der Waals surface area contributed by atoms with Crippen LogP contribution in [0.25, 0.3) is 0 Å². The molecule has 0 saturated carbocycles. The zero-order chi connectivity index (χ0) is 25.9. The van der Waals surface area contributed by atoms with E-state index in [0.29, 0.717) is 5.57 Å². The van der Waals surface area contributed by atoms with E-state index >= 15 is 0 Å². The van der Waals surface area contributed by atoms with Gasteiger partial charge in [-0.3, -0.25) is 14.9 Å². The number of aliphatic hydroxyl groups is 1. The lowest BCUT2D eigenvalue weighted by atomic mass is 9.78. The number of ether oxygens (including phenoxy) is 1. The predicted molar refractivity (Wildman–Crippen MR) is 132 cm³/mol. The number of nitrogens with zero attached hydrogens (tertiary/aromatic N) is 2. The summed E-state index contributed by atoms with van der Waals surface area (Å²) in [7, 11) is -1.95. The molecule has 0 aromatic heterocycles. The van der Waals surface area contributed by atoms with E-state index < -0.39 is 25.1 Å². The van der Waals surface area contributed by atoms with E-state index in [4.69, 9.17) is 9.16 Å². The number of amides is 1. The highest BCUT2D eigenvalue weighted by Crippen LogP contribution is 2.48. The molecule has 9 nitrogen and oxygen atoms in total. The Bertz CT molecular complexity index is 1080. The van der Waals surface area contributed by atoms with Gasteiger partial charge in [-0.1, -0.05) is 39.5 Å². The van der Waals surface area contributed by atoms with Crippen molar-refractivity contribution in [2.24, 2.45) is 11.8 Å². The number of carbonyl (C=O) groups excluding carboxylic acids is 2. The molecule has 2 aliphatic rings. The molecule has 1 fully saturated rings. The number of non-ortho nitro benzene ring substituents is 1. The molecule has 1 amide bonds. The third-order valence-electron chi connectivity index (χ3n) is 7.28. The highest BCUT2D eigenvalue weighted by atomic mass is 28.4. The molecule has 2 aliphatic heterocycles. The molecule has 4 atom stereocenters. The minimum absolute atomic E-state index is 0.0558. The number of rotatable bonds is 9. The molecule has 0 spiro atoms. The minimum Gasteiger partial charge on any atom is -0.422 e. The summed E-state index contributed by atoms with van der Waals surface area (Å²) < 4.78 is 12.0. The molecule has 35 heavy (non-hydrogen) atoms. The number of nitro benzene ring substituents is 1. The molecule has 0 aliphatic carbocycles. The summed E-state index contributed by atoms with van der Waals surface area (Å²) in [4.78, 5) is 38.3. The van der Waals surface area contributed by atoms with Crippen molar-refractivity contribution in [3.8, 4) is 17.6 Å². The maximum absolute atomic E-state index is 13.3. The second kappa shape index (κ2) is 10.7. The second-order valence-corrected chi connectivity index (χ2v) is 13.7. The van der Waals surface area contributed by atoms with E-state index in [1.54, 1.807) is 0 Å². The van der Waals surface area contributed by atoms with Crippen LogP contribution < -0.4 is 4.74 Å². The van der Waals surface area contributed by atoms with Crippen molar-refractivity contribution in [1.82, 2.24) is 4.90 Å². The third kappa shape index (κ3) is 4.89. The first-order chi connectivity index (χ1) is 16.6. The fourth-order valence-electron chi connectivity index (χ4n) is 5.10. The highest BCUT2D eigenvalue weighted by molar-refractivity contribution is 6.73. The lowest BCUT2D eigenvalue weighted by Crippen LogP contribution is -2.65. The number of nitro groups is 1. The molecule has 1 saturated heterocycles. The molecule has 1 aromatic carbocycles. The van der Waals surface area contributed by atoms with Crippen LogP contribution in [0.5, 0.6) is 5.75 Å². The molecule has 3 rings (SSSR count). The van der Waals surface area contributed by atoms with Crippen LogP contribution in [-0.2, 0) is 14.0 Å². The van der Waals surface area contributed by atoms with Gasteiger partial charge in [0.1, 0.15) is 18.1 Å².